The third kappa shape index (κ3) is 7.34. The van der Waals surface area contributed by atoms with Crippen LogP contribution in [0.1, 0.15) is 17.5 Å². The van der Waals surface area contributed by atoms with Gasteiger partial charge in [-0.25, -0.2) is 0 Å². The molecule has 0 saturated heterocycles. The van der Waals surface area contributed by atoms with E-state index >= 15 is 0 Å². The van der Waals surface area contributed by atoms with E-state index in [0.717, 1.165) is 24.3 Å². The molecule has 16 heteroatoms. The van der Waals surface area contributed by atoms with Gasteiger partial charge < -0.3 is 0 Å². The average molecular weight is 585 g/mol. The number of anilines is 2. The van der Waals surface area contributed by atoms with Crippen LogP contribution in [0.15, 0.2) is 107 Å². The number of nitrogens with zero attached hydrogens (tertiary/aromatic N) is 6. The lowest BCUT2D eigenvalue weighted by atomic mass is 10.0. The number of nitrogens with one attached hydrogen (secondary N) is 2. The van der Waals surface area contributed by atoms with Crippen LogP contribution in [-0.2, 0) is 0 Å². The van der Waals surface area contributed by atoms with Crippen molar-refractivity contribution >= 4 is 45.5 Å². The second kappa shape index (κ2) is 13.2. The van der Waals surface area contributed by atoms with Gasteiger partial charge in [0.25, 0.3) is 11.4 Å². The minimum Gasteiger partial charge on any atom is -0.271 e. The number of hydrogen-bond acceptors (Lipinski definition) is 12. The maximum Gasteiger partial charge on any atom is 0.301 e. The summed E-state index contributed by atoms with van der Waals surface area (Å²) in [5.74, 6) is 0. The largest absolute Gasteiger partial charge is 0.301 e. The average Bonchev–Trinajstić information content (AvgIpc) is 3.01. The van der Waals surface area contributed by atoms with Gasteiger partial charge in [-0.15, -0.1) is 0 Å². The van der Waals surface area contributed by atoms with Gasteiger partial charge in [0.15, 0.2) is 0 Å². The van der Waals surface area contributed by atoms with E-state index in [-0.39, 0.29) is 17.8 Å². The molecule has 0 radical (unpaired) electrons. The molecule has 216 valence electrons. The second-order valence-electron chi connectivity index (χ2n) is 8.68. The quantitative estimate of drug-likeness (QED) is 0.111. The summed E-state index contributed by atoms with van der Waals surface area (Å²) < 4.78 is 0. The Morgan fingerprint density at radius 2 is 0.907 bits per heavy atom. The molecule has 16 nitrogen and oxygen atoms in total. The zero-order chi connectivity index (χ0) is 30.9. The van der Waals surface area contributed by atoms with Gasteiger partial charge in [0.1, 0.15) is 11.4 Å². The van der Waals surface area contributed by atoms with Crippen molar-refractivity contribution in [1.29, 1.82) is 0 Å². The molecule has 0 bridgehead atoms. The number of non-ortho nitro benzene ring substituents is 2. The molecule has 4 rings (SSSR count). The molecule has 0 aliphatic heterocycles. The molecule has 0 saturated carbocycles. The summed E-state index contributed by atoms with van der Waals surface area (Å²) >= 11 is 0. The van der Waals surface area contributed by atoms with Crippen LogP contribution in [0.2, 0.25) is 0 Å². The van der Waals surface area contributed by atoms with E-state index in [1.807, 2.05) is 0 Å². The van der Waals surface area contributed by atoms with Crippen molar-refractivity contribution in [2.75, 3.05) is 10.9 Å². The van der Waals surface area contributed by atoms with E-state index in [0.29, 0.717) is 22.6 Å². The Kier molecular flexibility index (Phi) is 9.01. The van der Waals surface area contributed by atoms with Crippen LogP contribution >= 0.6 is 0 Å². The van der Waals surface area contributed by atoms with Crippen molar-refractivity contribution in [2.24, 2.45) is 10.2 Å². The molecule has 0 spiro atoms. The third-order valence-electron chi connectivity index (χ3n) is 5.95. The number of hydrazone groups is 2. The summed E-state index contributed by atoms with van der Waals surface area (Å²) in [7, 11) is 0. The summed E-state index contributed by atoms with van der Waals surface area (Å²) in [5, 5.41) is 54.2. The van der Waals surface area contributed by atoms with Gasteiger partial charge in [-0.05, 0) is 23.3 Å². The van der Waals surface area contributed by atoms with Gasteiger partial charge in [0.2, 0.25) is 0 Å². The Balaban J connectivity index is 1.76. The van der Waals surface area contributed by atoms with E-state index in [9.17, 15) is 40.5 Å². The predicted octanol–water partition coefficient (Wildman–Crippen LogP) is 6.04. The zero-order valence-electron chi connectivity index (χ0n) is 21.9. The number of nitro groups is 4. The fourth-order valence-electron chi connectivity index (χ4n) is 3.85. The topological polar surface area (TPSA) is 221 Å². The zero-order valence-corrected chi connectivity index (χ0v) is 21.9. The summed E-state index contributed by atoms with van der Waals surface area (Å²) in [4.78, 5) is 42.4. The lowest BCUT2D eigenvalue weighted by Crippen LogP contribution is -2.14. The summed E-state index contributed by atoms with van der Waals surface area (Å²) in [6.45, 7) is 0. The number of hydrogen-bond donors (Lipinski definition) is 2. The van der Waals surface area contributed by atoms with Gasteiger partial charge in [0.05, 0.1) is 43.2 Å². The minimum atomic E-state index is -0.773. The Bertz CT molecular complexity index is 1630. The van der Waals surface area contributed by atoms with E-state index in [1.54, 1.807) is 60.7 Å². The van der Waals surface area contributed by atoms with Crippen LogP contribution in [0, 0.1) is 40.5 Å². The van der Waals surface area contributed by atoms with Crippen molar-refractivity contribution in [3.8, 4) is 0 Å². The minimum absolute atomic E-state index is 0.00438. The summed E-state index contributed by atoms with van der Waals surface area (Å²) in [6.07, 6.45) is -0.00438. The highest BCUT2D eigenvalue weighted by Gasteiger charge is 2.21. The molecule has 4 aromatic rings. The lowest BCUT2D eigenvalue weighted by molar-refractivity contribution is -0.393. The van der Waals surface area contributed by atoms with Crippen molar-refractivity contribution < 1.29 is 19.7 Å². The molecule has 0 fully saturated rings. The maximum atomic E-state index is 11.6. The molecule has 4 aromatic carbocycles. The van der Waals surface area contributed by atoms with E-state index in [1.165, 1.54) is 12.1 Å². The normalized spacial score (nSPS) is 11.4. The summed E-state index contributed by atoms with van der Waals surface area (Å²) in [5.41, 5.74) is 4.90. The molecule has 0 heterocycles. The van der Waals surface area contributed by atoms with Crippen LogP contribution in [-0.4, -0.2) is 31.1 Å². The Morgan fingerprint density at radius 1 is 0.535 bits per heavy atom. The number of benzene rings is 4. The Labute approximate surface area is 241 Å². The fourth-order valence-corrected chi connectivity index (χ4v) is 3.85. The molecular weight excluding hydrogens is 564 g/mol. The molecule has 0 amide bonds. The van der Waals surface area contributed by atoms with E-state index < -0.39 is 42.4 Å². The van der Waals surface area contributed by atoms with Gasteiger partial charge >= 0.3 is 11.4 Å². The summed E-state index contributed by atoms with van der Waals surface area (Å²) in [6, 6.07) is 23.7. The highest BCUT2D eigenvalue weighted by molar-refractivity contribution is 6.18. The fraction of sp³-hybridized carbons (Fsp3) is 0.0370. The van der Waals surface area contributed by atoms with Crippen molar-refractivity contribution in [3.63, 3.8) is 0 Å². The molecule has 43 heavy (non-hydrogen) atoms. The molecule has 2 N–H and O–H groups in total. The smallest absolute Gasteiger partial charge is 0.271 e. The highest BCUT2D eigenvalue weighted by atomic mass is 16.6. The van der Waals surface area contributed by atoms with Crippen LogP contribution in [0.4, 0.5) is 34.1 Å². The molecule has 0 aliphatic rings. The molecule has 0 aromatic heterocycles. The first-order valence-electron chi connectivity index (χ1n) is 12.3. The van der Waals surface area contributed by atoms with Crippen LogP contribution in [0.3, 0.4) is 0 Å². The van der Waals surface area contributed by atoms with Crippen LogP contribution in [0.25, 0.3) is 0 Å². The predicted molar refractivity (Wildman–Crippen MR) is 157 cm³/mol. The Morgan fingerprint density at radius 3 is 1.23 bits per heavy atom. The van der Waals surface area contributed by atoms with Gasteiger partial charge in [0, 0.05) is 18.6 Å². The third-order valence-corrected chi connectivity index (χ3v) is 5.95. The molecule has 0 unspecified atom stereocenters. The van der Waals surface area contributed by atoms with Gasteiger partial charge in [-0.1, -0.05) is 60.7 Å². The van der Waals surface area contributed by atoms with Crippen molar-refractivity contribution in [2.45, 2.75) is 6.42 Å². The standard InChI is InChI=1S/C27H20N8O8/c36-32(37)20-11-13-22(26(15-20)34(40)41)28-30-24(18-7-3-1-4-8-18)17-25(19-9-5-2-6-10-19)31-29-23-14-12-21(33(38)39)16-27(23)35(42)43/h1-16,28-29H,17H2/b30-24-,31-25-. The molecule has 0 atom stereocenters. The van der Waals surface area contributed by atoms with Gasteiger partial charge in [-0.3, -0.25) is 51.3 Å². The second-order valence-corrected chi connectivity index (χ2v) is 8.68. The van der Waals surface area contributed by atoms with Crippen LogP contribution in [0.5, 0.6) is 0 Å². The highest BCUT2D eigenvalue weighted by Crippen LogP contribution is 2.30. The van der Waals surface area contributed by atoms with Crippen LogP contribution < -0.4 is 10.9 Å². The van der Waals surface area contributed by atoms with E-state index in [2.05, 4.69) is 21.1 Å². The first-order chi connectivity index (χ1) is 20.6. The number of nitro benzene ring substituents is 4. The Hall–Kier alpha value is -6.58. The van der Waals surface area contributed by atoms with Gasteiger partial charge in [-0.2, -0.15) is 10.2 Å². The lowest BCUT2D eigenvalue weighted by Gasteiger charge is -2.12. The molecular formula is C27H20N8O8. The monoisotopic (exact) mass is 584 g/mol. The SMILES string of the molecule is O=[N+]([O-])c1ccc(N/N=C(/C/C(=N/Nc2ccc([N+](=O)[O-])cc2[N+](=O)[O-])c2ccccc2)c2ccccc2)c([N+](=O)[O-])c1. The van der Waals surface area contributed by atoms with Crippen molar-refractivity contribution in [1.82, 2.24) is 0 Å². The number of rotatable bonds is 12. The maximum absolute atomic E-state index is 11.6. The first-order valence-corrected chi connectivity index (χ1v) is 12.3. The first kappa shape index (κ1) is 29.4. The van der Waals surface area contributed by atoms with Crippen molar-refractivity contribution in [3.05, 3.63) is 149 Å². The van der Waals surface area contributed by atoms with E-state index in [4.69, 9.17) is 0 Å². The molecule has 0 aliphatic carbocycles.